The van der Waals surface area contributed by atoms with E-state index in [-0.39, 0.29) is 38.0 Å². The van der Waals surface area contributed by atoms with E-state index in [1.54, 1.807) is 82.2 Å². The molecule has 26 atom stereocenters. The number of allylic oxidation sites excluding steroid dienone is 4. The molecule has 3 saturated heterocycles. The zero-order valence-corrected chi connectivity index (χ0v) is 51.5. The lowest BCUT2D eigenvalue weighted by Gasteiger charge is -2.62. The molecule has 3 aliphatic heterocycles. The Kier molecular flexibility index (Phi) is 20.0. The molecule has 0 bridgehead atoms. The van der Waals surface area contributed by atoms with Gasteiger partial charge in [0.05, 0.1) is 53.7 Å². The number of nitrogens with zero attached hydrogens (tertiary/aromatic N) is 1. The van der Waals surface area contributed by atoms with E-state index in [4.69, 9.17) is 33.2 Å². The molecule has 3 heterocycles. The molecule has 21 heteroatoms. The summed E-state index contributed by atoms with van der Waals surface area (Å²) in [5.41, 5.74) is -10.3. The Balaban J connectivity index is 1.11. The van der Waals surface area contributed by atoms with Crippen LogP contribution in [0.1, 0.15) is 148 Å². The van der Waals surface area contributed by atoms with Crippen molar-refractivity contribution in [1.82, 2.24) is 15.5 Å². The Morgan fingerprint density at radius 2 is 1.54 bits per heavy atom. The molecule has 20 nitrogen and oxygen atoms in total. The first-order chi connectivity index (χ1) is 38.1. The predicted molar refractivity (Wildman–Crippen MR) is 299 cm³/mol. The monoisotopic (exact) mass is 1170 g/mol. The second-order valence-electron chi connectivity index (χ2n) is 27.0. The molecule has 0 aromatic rings. The molecule has 4 aliphatic carbocycles. The van der Waals surface area contributed by atoms with Crippen LogP contribution in [0.25, 0.3) is 0 Å². The van der Waals surface area contributed by atoms with Crippen molar-refractivity contribution in [3.63, 3.8) is 0 Å². The van der Waals surface area contributed by atoms with E-state index in [0.29, 0.717) is 44.2 Å². The number of methoxy groups -OCH3 is 2. The van der Waals surface area contributed by atoms with Crippen molar-refractivity contribution in [1.29, 1.82) is 0 Å². The maximum absolute atomic E-state index is 17.8. The molecule has 3 saturated carbocycles. The summed E-state index contributed by atoms with van der Waals surface area (Å²) < 4.78 is 62.7. The Labute approximate surface area is 484 Å². The van der Waals surface area contributed by atoms with Gasteiger partial charge in [-0.25, -0.2) is 4.39 Å². The fourth-order valence-corrected chi connectivity index (χ4v) is 16.2. The van der Waals surface area contributed by atoms with E-state index in [1.807, 2.05) is 18.9 Å². The standard InChI is InChI=1S/C61H100FN3O17/c1-17-44-59(13,74)48(69)36(7)64-51(71)31(2)28-58(12,77-16)50(34(5)47(35(6)52(72)80-44)81-45-30-57(11,76-15)49(70)37(8)79-45)82-53-46(68)42(26-33(4)78-53)65(14)24-18-23-63-54(73)61(75)32(3)25-41-40-20-19-38-27-39(66)21-22-55(38,9)60(40,62)43(67)29-56(41,61)10/h21-22,27,31-37,40-50,53,67-70,74-75H,17-20,23-26,28-30H2,1-16H3,(H,63,73)(H,64,71)/t31-,32-,33-,34+,35-,36-,37+,40?,41?,42+,43+,44-,45+,46-,47+,48-,49+,50-,53+,55+,56+,57-,58-,59-,60+,61+/m1/s1. The summed E-state index contributed by atoms with van der Waals surface area (Å²) in [5, 5.41) is 77.2. The van der Waals surface area contributed by atoms with Crippen LogP contribution < -0.4 is 10.6 Å². The van der Waals surface area contributed by atoms with Gasteiger partial charge in [0.1, 0.15) is 30.0 Å². The molecule has 0 aromatic carbocycles. The van der Waals surface area contributed by atoms with Crippen LogP contribution in [0.5, 0.6) is 0 Å². The lowest BCUT2D eigenvalue weighted by atomic mass is 9.44. The number of hydrogen-bond donors (Lipinski definition) is 8. The molecule has 468 valence electrons. The van der Waals surface area contributed by atoms with Gasteiger partial charge in [0.15, 0.2) is 29.6 Å². The minimum absolute atomic E-state index is 0.00908. The Morgan fingerprint density at radius 1 is 0.878 bits per heavy atom. The highest BCUT2D eigenvalue weighted by Gasteiger charge is 2.76. The smallest absolute Gasteiger partial charge is 0.311 e. The number of cyclic esters (lactones) is 1. The normalized spacial score (nSPS) is 49.5. The lowest BCUT2D eigenvalue weighted by molar-refractivity contribution is -0.319. The first kappa shape index (κ1) is 66.5. The quantitative estimate of drug-likeness (QED) is 0.0957. The number of alkyl halides is 1. The van der Waals surface area contributed by atoms with Crippen LogP contribution in [-0.2, 0) is 52.3 Å². The third-order valence-electron chi connectivity index (χ3n) is 21.6. The Hall–Kier alpha value is -3.03. The van der Waals surface area contributed by atoms with Gasteiger partial charge in [-0.3, -0.25) is 19.2 Å². The minimum Gasteiger partial charge on any atom is -0.459 e. The molecule has 82 heavy (non-hydrogen) atoms. The molecule has 7 aliphatic rings. The highest BCUT2D eigenvalue weighted by molar-refractivity contribution is 6.01. The number of fused-ring (bicyclic) bond motifs is 5. The van der Waals surface area contributed by atoms with Gasteiger partial charge in [-0.15, -0.1) is 0 Å². The van der Waals surface area contributed by atoms with Gasteiger partial charge in [-0.2, -0.15) is 0 Å². The Bertz CT molecular complexity index is 2380. The minimum atomic E-state index is -2.10. The van der Waals surface area contributed by atoms with Gasteiger partial charge in [0.2, 0.25) is 5.91 Å². The van der Waals surface area contributed by atoms with Gasteiger partial charge in [-0.1, -0.05) is 46.3 Å². The zero-order chi connectivity index (χ0) is 61.2. The van der Waals surface area contributed by atoms with Crippen LogP contribution in [0.2, 0.25) is 0 Å². The van der Waals surface area contributed by atoms with Crippen molar-refractivity contribution in [3.05, 3.63) is 23.8 Å². The number of amides is 2. The summed E-state index contributed by atoms with van der Waals surface area (Å²) in [4.78, 5) is 57.4. The first-order valence-electron chi connectivity index (χ1n) is 30.1. The topological polar surface area (TPSA) is 282 Å². The van der Waals surface area contributed by atoms with Crippen molar-refractivity contribution >= 4 is 23.6 Å². The largest absolute Gasteiger partial charge is 0.459 e. The molecule has 0 spiro atoms. The van der Waals surface area contributed by atoms with E-state index in [0.717, 1.165) is 0 Å². The Morgan fingerprint density at radius 3 is 2.17 bits per heavy atom. The summed E-state index contributed by atoms with van der Waals surface area (Å²) in [7, 11) is 4.79. The molecule has 2 amide bonds. The number of carbonyl (C=O) groups excluding carboxylic acids is 4. The molecular formula is C61H100FN3O17. The SMILES string of the molecule is CC[C@H]1OC(=O)[C@H](C)[C@@H](O[C@H]2C[C@@](C)(OC)[C@@H](O)[C@H](C)O2)[C@H](C)[C@@H](O[C@@H]2O[C@H](C)C[C@H](N(C)CCCNC(=O)[C@@]3(O)[C@H](C)CC4C5CCC6=CC(=O)C=C[C@]6(C)[C@@]5(F)[C@@H](O)C[C@@]43C)[C@H]2O)[C@](C)(OC)C[C@@H](C)C(=O)N[C@H](C)[C@@H](O)[C@]1(C)O. The van der Waals surface area contributed by atoms with Crippen LogP contribution >= 0.6 is 0 Å². The molecule has 0 aromatic heterocycles. The molecule has 8 N–H and O–H groups in total. The van der Waals surface area contributed by atoms with Crippen LogP contribution in [0.3, 0.4) is 0 Å². The second kappa shape index (κ2) is 24.6. The van der Waals surface area contributed by atoms with Crippen LogP contribution in [0.15, 0.2) is 23.8 Å². The van der Waals surface area contributed by atoms with E-state index in [2.05, 4.69) is 10.6 Å². The van der Waals surface area contributed by atoms with Crippen molar-refractivity contribution in [2.75, 3.05) is 34.4 Å². The summed E-state index contributed by atoms with van der Waals surface area (Å²) in [6.07, 6.45) is -6.03. The lowest BCUT2D eigenvalue weighted by Crippen LogP contribution is -2.70. The molecule has 2 unspecified atom stereocenters. The molecule has 0 radical (unpaired) electrons. The summed E-state index contributed by atoms with van der Waals surface area (Å²) in [6.45, 7) is 22.6. The third-order valence-corrected chi connectivity index (χ3v) is 21.6. The number of ketones is 1. The van der Waals surface area contributed by atoms with Gasteiger partial charge in [-0.05, 0) is 144 Å². The number of ether oxygens (including phenoxy) is 7. The maximum Gasteiger partial charge on any atom is 0.311 e. The van der Waals surface area contributed by atoms with Gasteiger partial charge >= 0.3 is 5.97 Å². The van der Waals surface area contributed by atoms with Gasteiger partial charge in [0, 0.05) is 61.8 Å². The van der Waals surface area contributed by atoms with Gasteiger partial charge in [0.25, 0.3) is 5.91 Å². The van der Waals surface area contributed by atoms with E-state index >= 15 is 4.39 Å². The number of carbonyl (C=O) groups is 4. The number of halogens is 1. The van der Waals surface area contributed by atoms with Crippen molar-refractivity contribution in [3.8, 4) is 0 Å². The third kappa shape index (κ3) is 11.6. The number of likely N-dealkylation sites (N-methyl/N-ethyl adjacent to an activating group) is 1. The van der Waals surface area contributed by atoms with Crippen molar-refractivity contribution in [2.45, 2.75) is 255 Å². The van der Waals surface area contributed by atoms with Crippen molar-refractivity contribution < 1.29 is 87.4 Å². The van der Waals surface area contributed by atoms with Gasteiger partial charge < -0.3 is 79.3 Å². The van der Waals surface area contributed by atoms with E-state index in [9.17, 15) is 49.8 Å². The predicted octanol–water partition coefficient (Wildman–Crippen LogP) is 3.96. The van der Waals surface area contributed by atoms with E-state index in [1.165, 1.54) is 33.3 Å². The summed E-state index contributed by atoms with van der Waals surface area (Å²) in [6, 6.07) is -1.55. The highest BCUT2D eigenvalue weighted by Crippen LogP contribution is 2.70. The number of aliphatic hydroxyl groups excluding tert-OH is 4. The molecule has 7 rings (SSSR count). The van der Waals surface area contributed by atoms with Crippen LogP contribution in [0.4, 0.5) is 4.39 Å². The average Bonchev–Trinajstić information content (AvgIpc) is 1.68. The molecule has 6 fully saturated rings. The number of rotatable bonds is 13. The zero-order valence-electron chi connectivity index (χ0n) is 51.5. The number of nitrogens with one attached hydrogen (secondary N) is 2. The van der Waals surface area contributed by atoms with Crippen molar-refractivity contribution in [2.24, 2.45) is 46.3 Å². The number of aliphatic hydroxyl groups is 6. The van der Waals surface area contributed by atoms with Crippen LogP contribution in [-0.4, -0.2) is 201 Å². The number of esters is 1. The second-order valence-corrected chi connectivity index (χ2v) is 27.0. The number of hydrogen-bond acceptors (Lipinski definition) is 18. The average molecular weight is 1170 g/mol. The maximum atomic E-state index is 17.8. The van der Waals surface area contributed by atoms with E-state index < -0.39 is 172 Å². The van der Waals surface area contributed by atoms with Crippen LogP contribution in [0, 0.1) is 46.3 Å². The fraction of sp³-hybridized carbons (Fsp3) is 0.869. The summed E-state index contributed by atoms with van der Waals surface area (Å²) >= 11 is 0. The summed E-state index contributed by atoms with van der Waals surface area (Å²) in [5.74, 6) is -6.48. The fourth-order valence-electron chi connectivity index (χ4n) is 16.2. The first-order valence-corrected chi connectivity index (χ1v) is 30.1. The highest BCUT2D eigenvalue weighted by atomic mass is 19.1. The molecular weight excluding hydrogens is 1070 g/mol.